The van der Waals surface area contributed by atoms with Crippen LogP contribution in [-0.4, -0.2) is 44.6 Å². The van der Waals surface area contributed by atoms with Gasteiger partial charge >= 0.3 is 5.97 Å². The summed E-state index contributed by atoms with van der Waals surface area (Å²) in [4.78, 5) is 12.0. The Balaban J connectivity index is 2.40. The third kappa shape index (κ3) is 7.38. The molecule has 0 N–H and O–H groups in total. The normalized spacial score (nSPS) is 12.2. The highest BCUT2D eigenvalue weighted by atomic mass is 32.2. The first-order valence-electron chi connectivity index (χ1n) is 11.1. The first-order chi connectivity index (χ1) is 15.3. The maximum absolute atomic E-state index is 13.9. The first-order valence-corrected chi connectivity index (χ1v) is 12.6. The van der Waals surface area contributed by atoms with Crippen LogP contribution in [0.4, 0.5) is 0 Å². The first kappa shape index (κ1) is 25.9. The molecule has 8 heteroatoms. The molecule has 5 nitrogen and oxygen atoms in total. The van der Waals surface area contributed by atoms with Gasteiger partial charge in [-0.15, -0.1) is 6.58 Å². The van der Waals surface area contributed by atoms with Gasteiger partial charge in [0.25, 0.3) is 0 Å². The van der Waals surface area contributed by atoms with Crippen LogP contribution in [0, 0.1) is 0 Å². The highest BCUT2D eigenvalue weighted by Gasteiger charge is 2.40. The molecule has 0 aliphatic rings. The van der Waals surface area contributed by atoms with Gasteiger partial charge in [-0.3, -0.25) is 8.92 Å². The number of hydrogen-bond donors (Lipinski definition) is 0. The molecule has 0 amide bonds. The Bertz CT molecular complexity index is 907. The second-order valence-electron chi connectivity index (χ2n) is 8.22. The highest BCUT2D eigenvalue weighted by molar-refractivity contribution is 7.92. The number of rotatable bonds is 13. The molecule has 0 saturated carbocycles. The van der Waals surface area contributed by atoms with Gasteiger partial charge in [0, 0.05) is 0 Å². The molecule has 0 aliphatic carbocycles. The molecule has 0 saturated heterocycles. The molecule has 0 unspecified atom stereocenters. The third-order valence-electron chi connectivity index (χ3n) is 5.65. The minimum Gasteiger partial charge on any atom is -0.469 e. The molecule has 1 atom stereocenters. The van der Waals surface area contributed by atoms with Crippen molar-refractivity contribution in [1.29, 1.82) is 0 Å². The molecular formula is C24H33B2NO4S. The minimum absolute atomic E-state index is 0.167. The molecule has 0 radical (unpaired) electrons. The van der Waals surface area contributed by atoms with Crippen LogP contribution in [0.5, 0.6) is 0 Å². The van der Waals surface area contributed by atoms with E-state index in [1.165, 1.54) is 7.11 Å². The van der Waals surface area contributed by atoms with Crippen molar-refractivity contribution >= 4 is 29.7 Å². The second kappa shape index (κ2) is 12.7. The van der Waals surface area contributed by atoms with E-state index in [1.54, 1.807) is 10.2 Å². The lowest BCUT2D eigenvalue weighted by Crippen LogP contribution is -2.55. The van der Waals surface area contributed by atoms with Gasteiger partial charge in [0.15, 0.2) is 10.0 Å². The number of nitrogens with zero attached hydrogens (tertiary/aromatic N) is 1. The van der Waals surface area contributed by atoms with E-state index >= 15 is 0 Å². The monoisotopic (exact) mass is 453 g/mol. The summed E-state index contributed by atoms with van der Waals surface area (Å²) in [6.07, 6.45) is 3.53. The van der Waals surface area contributed by atoms with Gasteiger partial charge in [-0.25, -0.2) is 8.42 Å². The predicted molar refractivity (Wildman–Crippen MR) is 134 cm³/mol. The fourth-order valence-corrected chi connectivity index (χ4v) is 6.41. The van der Waals surface area contributed by atoms with E-state index in [0.717, 1.165) is 11.1 Å². The Morgan fingerprint density at radius 2 is 1.47 bits per heavy atom. The van der Waals surface area contributed by atoms with Crippen LogP contribution in [0.2, 0.25) is 13.6 Å². The van der Waals surface area contributed by atoms with E-state index in [-0.39, 0.29) is 20.1 Å². The van der Waals surface area contributed by atoms with Crippen molar-refractivity contribution in [2.24, 2.45) is 0 Å². The SMILES string of the molecule is C=CCC[C@H](CC(=O)OC)S(=O)(=O)N(B(C)Cc1ccccc1)B(C)Cc1ccccc1. The van der Waals surface area contributed by atoms with Crippen LogP contribution in [0.3, 0.4) is 0 Å². The molecule has 0 aromatic heterocycles. The summed E-state index contributed by atoms with van der Waals surface area (Å²) >= 11 is 0. The summed E-state index contributed by atoms with van der Waals surface area (Å²) in [5.74, 6) is -0.519. The highest BCUT2D eigenvalue weighted by Crippen LogP contribution is 2.24. The van der Waals surface area contributed by atoms with E-state index in [1.807, 2.05) is 74.3 Å². The third-order valence-corrected chi connectivity index (χ3v) is 8.20. The Hall–Kier alpha value is -2.31. The lowest BCUT2D eigenvalue weighted by atomic mass is 9.48. The van der Waals surface area contributed by atoms with Gasteiger partial charge in [0.05, 0.1) is 18.8 Å². The standard InChI is InChI=1S/C24H33B2NO4S/c1-5-6-17-23(18-24(28)31-4)32(29,30)27(25(2)19-21-13-9-7-10-14-21)26(3)20-22-15-11-8-12-16-22/h5,7-16,23H,1,6,17-20H2,2-4H3/t23-/m1/s1. The van der Waals surface area contributed by atoms with Gasteiger partial charge in [0.1, 0.15) is 0 Å². The zero-order valence-corrected chi connectivity index (χ0v) is 20.1. The molecule has 170 valence electrons. The number of hydrogen-bond acceptors (Lipinski definition) is 4. The second-order valence-corrected chi connectivity index (χ2v) is 10.3. The van der Waals surface area contributed by atoms with Gasteiger partial charge in [-0.2, -0.15) is 0 Å². The van der Waals surface area contributed by atoms with Crippen LogP contribution in [-0.2, 0) is 32.2 Å². The largest absolute Gasteiger partial charge is 0.469 e. The Labute approximate surface area is 194 Å². The number of benzene rings is 2. The van der Waals surface area contributed by atoms with E-state index < -0.39 is 21.2 Å². The maximum atomic E-state index is 13.9. The smallest absolute Gasteiger partial charge is 0.306 e. The summed E-state index contributed by atoms with van der Waals surface area (Å²) in [5.41, 5.74) is 2.14. The Morgan fingerprint density at radius 3 is 1.88 bits per heavy atom. The molecule has 2 rings (SSSR count). The van der Waals surface area contributed by atoms with Gasteiger partial charge in [0.2, 0.25) is 13.7 Å². The van der Waals surface area contributed by atoms with Crippen molar-refractivity contribution in [3.63, 3.8) is 0 Å². The van der Waals surface area contributed by atoms with Gasteiger partial charge in [-0.1, -0.05) is 91.5 Å². The zero-order chi connectivity index (χ0) is 23.6. The van der Waals surface area contributed by atoms with E-state index in [2.05, 4.69) is 6.58 Å². The quantitative estimate of drug-likeness (QED) is 0.258. The van der Waals surface area contributed by atoms with Crippen LogP contribution in [0.25, 0.3) is 0 Å². The van der Waals surface area contributed by atoms with Crippen LogP contribution >= 0.6 is 0 Å². The molecule has 32 heavy (non-hydrogen) atoms. The number of carbonyl (C=O) groups excluding carboxylic acids is 1. The fourth-order valence-electron chi connectivity index (χ4n) is 4.13. The molecule has 2 aromatic carbocycles. The Kier molecular flexibility index (Phi) is 10.3. The van der Waals surface area contributed by atoms with Crippen molar-refractivity contribution < 1.29 is 17.9 Å². The maximum Gasteiger partial charge on any atom is 0.306 e. The number of allylic oxidation sites excluding steroid dienone is 1. The van der Waals surface area contributed by atoms with E-state index in [4.69, 9.17) is 4.74 Å². The molecule has 0 spiro atoms. The number of methoxy groups -OCH3 is 1. The van der Waals surface area contributed by atoms with Crippen molar-refractivity contribution in [2.45, 2.75) is 50.8 Å². The van der Waals surface area contributed by atoms with Crippen molar-refractivity contribution in [2.75, 3.05) is 7.11 Å². The minimum atomic E-state index is -3.79. The van der Waals surface area contributed by atoms with Crippen molar-refractivity contribution in [3.05, 3.63) is 84.4 Å². The van der Waals surface area contributed by atoms with Crippen molar-refractivity contribution in [3.8, 4) is 0 Å². The lowest BCUT2D eigenvalue weighted by Gasteiger charge is -2.34. The summed E-state index contributed by atoms with van der Waals surface area (Å²) in [5, 5.41) is -0.857. The average Bonchev–Trinajstić information content (AvgIpc) is 2.77. The number of esters is 1. The predicted octanol–water partition coefficient (Wildman–Crippen LogP) is 4.32. The van der Waals surface area contributed by atoms with Crippen LogP contribution in [0.15, 0.2) is 73.3 Å². The number of sulfonamides is 1. The Morgan fingerprint density at radius 1 is 1.00 bits per heavy atom. The number of ether oxygens (including phenoxy) is 1. The summed E-state index contributed by atoms with van der Waals surface area (Å²) in [6.45, 7) is 7.05. The summed E-state index contributed by atoms with van der Waals surface area (Å²) in [7, 11) is -2.51. The van der Waals surface area contributed by atoms with Gasteiger partial charge < -0.3 is 4.74 Å². The van der Waals surface area contributed by atoms with Crippen molar-refractivity contribution in [1.82, 2.24) is 4.13 Å². The number of carbonyl (C=O) groups is 1. The van der Waals surface area contributed by atoms with Crippen LogP contribution < -0.4 is 0 Å². The topological polar surface area (TPSA) is 63.7 Å². The van der Waals surface area contributed by atoms with E-state index in [9.17, 15) is 13.2 Å². The molecule has 0 fully saturated rings. The molecule has 0 aliphatic heterocycles. The molecule has 0 bridgehead atoms. The molecule has 2 aromatic rings. The molecule has 0 heterocycles. The fraction of sp³-hybridized carbons (Fsp3) is 0.375. The zero-order valence-electron chi connectivity index (χ0n) is 19.3. The van der Waals surface area contributed by atoms with Gasteiger partial charge in [-0.05, 0) is 25.5 Å². The summed E-state index contributed by atoms with van der Waals surface area (Å²) < 4.78 is 34.3. The van der Waals surface area contributed by atoms with Crippen LogP contribution in [0.1, 0.15) is 30.4 Å². The average molecular weight is 453 g/mol. The lowest BCUT2D eigenvalue weighted by molar-refractivity contribution is -0.140. The molecular weight excluding hydrogens is 420 g/mol. The van der Waals surface area contributed by atoms with E-state index in [0.29, 0.717) is 25.5 Å². The summed E-state index contributed by atoms with van der Waals surface area (Å²) in [6, 6.07) is 19.7.